The summed E-state index contributed by atoms with van der Waals surface area (Å²) in [7, 11) is 1.72. The number of aliphatic carboxylic acids is 1. The molecule has 0 bridgehead atoms. The molecule has 0 aromatic heterocycles. The molecule has 0 saturated carbocycles. The van der Waals surface area contributed by atoms with E-state index in [1.54, 1.807) is 14.0 Å². The molecule has 3 heterocycles. The molecule has 1 unspecified atom stereocenters. The molecule has 0 spiro atoms. The number of carbonyl (C=O) groups excluding carboxylic acids is 1. The fourth-order valence-electron chi connectivity index (χ4n) is 4.20. The molecule has 26 heavy (non-hydrogen) atoms. The zero-order valence-electron chi connectivity index (χ0n) is 14.9. The Hall–Kier alpha value is -1.16. The van der Waals surface area contributed by atoms with E-state index in [2.05, 4.69) is 10.6 Å². The Balaban J connectivity index is 1.63. The predicted octanol–water partition coefficient (Wildman–Crippen LogP) is 0.305. The molecule has 0 aromatic rings. The van der Waals surface area contributed by atoms with Crippen molar-refractivity contribution in [2.75, 3.05) is 20.1 Å². The van der Waals surface area contributed by atoms with Crippen molar-refractivity contribution in [2.24, 2.45) is 5.92 Å². The number of nitrogens with zero attached hydrogens (tertiary/aromatic N) is 1. The van der Waals surface area contributed by atoms with Gasteiger partial charge in [0.05, 0.1) is 18.1 Å². The number of β-lactam (4-membered cyclic amide) rings is 1. The lowest BCUT2D eigenvalue weighted by atomic mass is 9.83. The van der Waals surface area contributed by atoms with Crippen LogP contribution in [0.3, 0.4) is 0 Å². The zero-order chi connectivity index (χ0) is 19.0. The van der Waals surface area contributed by atoms with E-state index in [9.17, 15) is 24.2 Å². The van der Waals surface area contributed by atoms with Crippen LogP contribution in [0.2, 0.25) is 0 Å². The summed E-state index contributed by atoms with van der Waals surface area (Å²) in [6.07, 6.45) is -0.0218. The Kier molecular flexibility index (Phi) is 5.91. The van der Waals surface area contributed by atoms with Crippen LogP contribution >= 0.6 is 11.8 Å². The second-order valence-corrected chi connectivity index (χ2v) is 8.69. The van der Waals surface area contributed by atoms with Crippen molar-refractivity contribution < 1.29 is 24.2 Å². The van der Waals surface area contributed by atoms with Gasteiger partial charge >= 0.3 is 5.97 Å². The number of rotatable bonds is 8. The number of carboxylic acids is 1. The predicted molar refractivity (Wildman–Crippen MR) is 96.3 cm³/mol. The number of hydrogen-bond donors (Lipinski definition) is 4. The molecule has 7 nitrogen and oxygen atoms in total. The van der Waals surface area contributed by atoms with E-state index in [0.29, 0.717) is 30.8 Å². The monoisotopic (exact) mass is 387 g/mol. The van der Waals surface area contributed by atoms with Gasteiger partial charge in [-0.2, -0.15) is 0 Å². The molecule has 3 aliphatic heterocycles. The normalized spacial score (nSPS) is 33.2. The topological polar surface area (TPSA) is 102 Å². The largest absolute Gasteiger partial charge is 0.477 e. The minimum absolute atomic E-state index is 0.0592. The average Bonchev–Trinajstić information content (AvgIpc) is 3.10. The SMILES string of the molecule is CNCC(F)C[C@@H]1C[C@H](SC2=C(C(=O)O)N3C(=O)[C@H]([C@@H](C)O)[C@H]3C2)CN1. The zero-order valence-corrected chi connectivity index (χ0v) is 15.8. The molecule has 6 atom stereocenters. The van der Waals surface area contributed by atoms with Crippen molar-refractivity contribution in [3.8, 4) is 0 Å². The van der Waals surface area contributed by atoms with Crippen LogP contribution in [0, 0.1) is 5.92 Å². The number of aliphatic hydroxyl groups is 1. The highest BCUT2D eigenvalue weighted by molar-refractivity contribution is 8.03. The first-order valence-corrected chi connectivity index (χ1v) is 9.87. The van der Waals surface area contributed by atoms with Crippen LogP contribution < -0.4 is 10.6 Å². The summed E-state index contributed by atoms with van der Waals surface area (Å²) < 4.78 is 13.8. The maximum Gasteiger partial charge on any atom is 0.353 e. The first kappa shape index (κ1) is 19.6. The molecule has 2 fully saturated rings. The third kappa shape index (κ3) is 3.62. The highest BCUT2D eigenvalue weighted by Crippen LogP contribution is 2.48. The Morgan fingerprint density at radius 3 is 2.88 bits per heavy atom. The Labute approximate surface area is 156 Å². The first-order chi connectivity index (χ1) is 12.3. The van der Waals surface area contributed by atoms with Gasteiger partial charge in [0.1, 0.15) is 11.9 Å². The number of nitrogens with one attached hydrogen (secondary N) is 2. The molecule has 3 aliphatic rings. The maximum absolute atomic E-state index is 13.8. The van der Waals surface area contributed by atoms with Gasteiger partial charge in [-0.15, -0.1) is 11.8 Å². The molecule has 9 heteroatoms. The number of alkyl halides is 1. The Morgan fingerprint density at radius 1 is 1.54 bits per heavy atom. The van der Waals surface area contributed by atoms with E-state index in [-0.39, 0.29) is 28.9 Å². The van der Waals surface area contributed by atoms with Gasteiger partial charge in [0, 0.05) is 35.7 Å². The summed E-state index contributed by atoms with van der Waals surface area (Å²) in [5.74, 6) is -1.94. The van der Waals surface area contributed by atoms with Gasteiger partial charge in [0.25, 0.3) is 0 Å². The summed E-state index contributed by atoms with van der Waals surface area (Å²) in [4.78, 5) is 25.9. The Morgan fingerprint density at radius 2 is 2.27 bits per heavy atom. The van der Waals surface area contributed by atoms with E-state index in [1.165, 1.54) is 16.7 Å². The van der Waals surface area contributed by atoms with Crippen molar-refractivity contribution >= 4 is 23.6 Å². The van der Waals surface area contributed by atoms with Gasteiger partial charge in [-0.25, -0.2) is 9.18 Å². The lowest BCUT2D eigenvalue weighted by Gasteiger charge is -2.44. The number of hydrogen-bond acceptors (Lipinski definition) is 6. The molecule has 4 N–H and O–H groups in total. The van der Waals surface area contributed by atoms with Crippen molar-refractivity contribution in [3.63, 3.8) is 0 Å². The smallest absolute Gasteiger partial charge is 0.353 e. The maximum atomic E-state index is 13.8. The second kappa shape index (κ2) is 7.84. The minimum atomic E-state index is -1.10. The van der Waals surface area contributed by atoms with E-state index in [4.69, 9.17) is 0 Å². The molecule has 2 saturated heterocycles. The summed E-state index contributed by atoms with van der Waals surface area (Å²) in [5.41, 5.74) is 0.0592. The van der Waals surface area contributed by atoms with Gasteiger partial charge in [-0.3, -0.25) is 4.79 Å². The van der Waals surface area contributed by atoms with Crippen LogP contribution in [0.5, 0.6) is 0 Å². The molecule has 3 rings (SSSR count). The van der Waals surface area contributed by atoms with Gasteiger partial charge in [0.2, 0.25) is 5.91 Å². The van der Waals surface area contributed by atoms with E-state index in [1.807, 2.05) is 0 Å². The molecular weight excluding hydrogens is 361 g/mol. The second-order valence-electron chi connectivity index (χ2n) is 7.29. The summed E-state index contributed by atoms with van der Waals surface area (Å²) in [6.45, 7) is 2.58. The van der Waals surface area contributed by atoms with Crippen molar-refractivity contribution in [1.82, 2.24) is 15.5 Å². The lowest BCUT2D eigenvalue weighted by Crippen LogP contribution is -2.61. The fourth-order valence-corrected chi connectivity index (χ4v) is 5.68. The number of carboxylic acid groups (broad SMARTS) is 1. The number of amides is 1. The van der Waals surface area contributed by atoms with Crippen molar-refractivity contribution in [1.29, 1.82) is 0 Å². The number of fused-ring (bicyclic) bond motifs is 1. The summed E-state index contributed by atoms with van der Waals surface area (Å²) in [5, 5.41) is 25.6. The van der Waals surface area contributed by atoms with Gasteiger partial charge in [0.15, 0.2) is 0 Å². The number of halogens is 1. The van der Waals surface area contributed by atoms with Gasteiger partial charge in [-0.05, 0) is 26.8 Å². The van der Waals surface area contributed by atoms with Crippen molar-refractivity contribution in [2.45, 2.75) is 55.8 Å². The Bertz CT molecular complexity index is 615. The quantitative estimate of drug-likeness (QED) is 0.445. The molecule has 0 aliphatic carbocycles. The molecule has 0 radical (unpaired) electrons. The molecule has 1 amide bonds. The lowest BCUT2D eigenvalue weighted by molar-refractivity contribution is -0.161. The number of thioether (sulfide) groups is 1. The fraction of sp³-hybridized carbons (Fsp3) is 0.765. The van der Waals surface area contributed by atoms with Crippen LogP contribution in [0.25, 0.3) is 0 Å². The number of aliphatic hydroxyl groups excluding tert-OH is 1. The molecule has 0 aromatic carbocycles. The molecule has 146 valence electrons. The number of carbonyl (C=O) groups is 2. The average molecular weight is 387 g/mol. The first-order valence-electron chi connectivity index (χ1n) is 8.99. The minimum Gasteiger partial charge on any atom is -0.477 e. The van der Waals surface area contributed by atoms with Crippen LogP contribution in [-0.2, 0) is 9.59 Å². The van der Waals surface area contributed by atoms with E-state index < -0.39 is 24.2 Å². The van der Waals surface area contributed by atoms with Gasteiger partial charge in [-0.1, -0.05) is 0 Å². The molecular formula is C17H26FN3O4S. The standard InChI is InChI=1S/C17H26FN3O4S/c1-8(22)14-12-5-13(15(17(24)25)21(12)16(14)23)26-11-4-10(20-7-11)3-9(18)6-19-2/h8-12,14,19-20,22H,3-7H2,1-2H3,(H,24,25)/t8-,9?,10-,11+,12-,14-/m1/s1. The van der Waals surface area contributed by atoms with Crippen LogP contribution in [0.1, 0.15) is 26.2 Å². The third-order valence-electron chi connectivity index (χ3n) is 5.35. The summed E-state index contributed by atoms with van der Waals surface area (Å²) >= 11 is 1.48. The van der Waals surface area contributed by atoms with Gasteiger partial charge < -0.3 is 25.7 Å². The highest BCUT2D eigenvalue weighted by Gasteiger charge is 2.57. The third-order valence-corrected chi connectivity index (χ3v) is 6.68. The van der Waals surface area contributed by atoms with E-state index >= 15 is 0 Å². The van der Waals surface area contributed by atoms with Crippen LogP contribution in [-0.4, -0.2) is 76.7 Å². The van der Waals surface area contributed by atoms with Crippen molar-refractivity contribution in [3.05, 3.63) is 10.6 Å². The van der Waals surface area contributed by atoms with Crippen LogP contribution in [0.15, 0.2) is 10.6 Å². The van der Waals surface area contributed by atoms with Crippen LogP contribution in [0.4, 0.5) is 4.39 Å². The highest BCUT2D eigenvalue weighted by atomic mass is 32.2. The van der Waals surface area contributed by atoms with E-state index in [0.717, 1.165) is 6.42 Å². The summed E-state index contributed by atoms with van der Waals surface area (Å²) in [6, 6.07) is -0.179.